The number of nitrogens with one attached hydrogen (secondary N) is 2. The first-order valence-electron chi connectivity index (χ1n) is 5.03. The summed E-state index contributed by atoms with van der Waals surface area (Å²) in [5, 5.41) is 9.03. The van der Waals surface area contributed by atoms with Crippen molar-refractivity contribution in [3.63, 3.8) is 0 Å². The third-order valence-electron chi connectivity index (χ3n) is 1.76. The number of carbonyl (C=O) groups is 1. The molecule has 0 unspecified atom stereocenters. The third kappa shape index (κ3) is 3.61. The lowest BCUT2D eigenvalue weighted by atomic mass is 10.2. The van der Waals surface area contributed by atoms with E-state index in [2.05, 4.69) is 15.8 Å². The van der Waals surface area contributed by atoms with E-state index in [0.717, 1.165) is 5.76 Å². The second-order valence-corrected chi connectivity index (χ2v) is 4.02. The van der Waals surface area contributed by atoms with Gasteiger partial charge in [-0.1, -0.05) is 19.0 Å². The van der Waals surface area contributed by atoms with Crippen LogP contribution in [0.25, 0.3) is 0 Å². The highest BCUT2D eigenvalue weighted by molar-refractivity contribution is 5.88. The number of carbonyl (C=O) groups excluding carboxylic acids is 1. The van der Waals surface area contributed by atoms with Gasteiger partial charge in [0.05, 0.1) is 0 Å². The van der Waals surface area contributed by atoms with Gasteiger partial charge in [-0.2, -0.15) is 0 Å². The number of urea groups is 1. The van der Waals surface area contributed by atoms with Crippen molar-refractivity contribution in [2.75, 3.05) is 5.32 Å². The predicted molar refractivity (Wildman–Crippen MR) is 57.9 cm³/mol. The molecule has 0 atom stereocenters. The van der Waals surface area contributed by atoms with E-state index in [0.29, 0.717) is 5.82 Å². The Balaban J connectivity index is 2.53. The fourth-order valence-electron chi connectivity index (χ4n) is 1.03. The smallest absolute Gasteiger partial charge is 0.320 e. The van der Waals surface area contributed by atoms with E-state index in [1.165, 1.54) is 0 Å². The molecule has 1 aromatic rings. The molecule has 15 heavy (non-hydrogen) atoms. The molecule has 0 fully saturated rings. The van der Waals surface area contributed by atoms with Gasteiger partial charge in [-0.15, -0.1) is 0 Å². The number of hydrogen-bond donors (Lipinski definition) is 2. The van der Waals surface area contributed by atoms with Gasteiger partial charge < -0.3 is 9.84 Å². The first kappa shape index (κ1) is 11.6. The highest BCUT2D eigenvalue weighted by Crippen LogP contribution is 2.17. The van der Waals surface area contributed by atoms with E-state index in [1.54, 1.807) is 6.07 Å². The monoisotopic (exact) mass is 211 g/mol. The molecule has 5 nitrogen and oxygen atoms in total. The van der Waals surface area contributed by atoms with E-state index in [1.807, 2.05) is 27.7 Å². The van der Waals surface area contributed by atoms with Crippen molar-refractivity contribution in [3.8, 4) is 0 Å². The minimum Gasteiger partial charge on any atom is -0.359 e. The summed E-state index contributed by atoms with van der Waals surface area (Å²) in [7, 11) is 0. The molecule has 84 valence electrons. The highest BCUT2D eigenvalue weighted by atomic mass is 16.5. The zero-order valence-corrected chi connectivity index (χ0v) is 9.50. The molecular formula is C10H17N3O2. The fraction of sp³-hybridized carbons (Fsp3) is 0.600. The molecule has 0 radical (unpaired) electrons. The SMILES string of the molecule is CC(C)NC(=O)Nc1cc(C(C)C)on1. The van der Waals surface area contributed by atoms with Crippen molar-refractivity contribution in [1.29, 1.82) is 0 Å². The van der Waals surface area contributed by atoms with Gasteiger partial charge in [0.15, 0.2) is 5.82 Å². The van der Waals surface area contributed by atoms with Crippen LogP contribution in [-0.4, -0.2) is 17.2 Å². The lowest BCUT2D eigenvalue weighted by Gasteiger charge is -2.07. The summed E-state index contributed by atoms with van der Waals surface area (Å²) >= 11 is 0. The summed E-state index contributed by atoms with van der Waals surface area (Å²) in [5.41, 5.74) is 0. The Labute approximate surface area is 89.2 Å². The maximum Gasteiger partial charge on any atom is 0.320 e. The van der Waals surface area contributed by atoms with Crippen molar-refractivity contribution in [1.82, 2.24) is 10.5 Å². The predicted octanol–water partition coefficient (Wildman–Crippen LogP) is 2.33. The number of amides is 2. The van der Waals surface area contributed by atoms with Crippen LogP contribution in [0, 0.1) is 0 Å². The van der Waals surface area contributed by atoms with Crippen molar-refractivity contribution >= 4 is 11.8 Å². The van der Waals surface area contributed by atoms with E-state index in [4.69, 9.17) is 4.52 Å². The first-order chi connectivity index (χ1) is 6.99. The molecular weight excluding hydrogens is 194 g/mol. The first-order valence-corrected chi connectivity index (χ1v) is 5.03. The van der Waals surface area contributed by atoms with Crippen LogP contribution >= 0.6 is 0 Å². The summed E-state index contributed by atoms with van der Waals surface area (Å²) in [5.74, 6) is 1.47. The van der Waals surface area contributed by atoms with Crippen molar-refractivity contribution in [3.05, 3.63) is 11.8 Å². The third-order valence-corrected chi connectivity index (χ3v) is 1.76. The Morgan fingerprint density at radius 3 is 2.53 bits per heavy atom. The number of anilines is 1. The molecule has 2 amide bonds. The molecule has 1 rings (SSSR count). The molecule has 1 aromatic heterocycles. The highest BCUT2D eigenvalue weighted by Gasteiger charge is 2.10. The Bertz CT molecular complexity index is 331. The molecule has 2 N–H and O–H groups in total. The van der Waals surface area contributed by atoms with Crippen LogP contribution in [-0.2, 0) is 0 Å². The van der Waals surface area contributed by atoms with Gasteiger partial charge in [0, 0.05) is 18.0 Å². The molecule has 0 saturated carbocycles. The molecule has 0 saturated heterocycles. The van der Waals surface area contributed by atoms with Gasteiger partial charge in [0.1, 0.15) is 5.76 Å². The summed E-state index contributed by atoms with van der Waals surface area (Å²) in [4.78, 5) is 11.3. The van der Waals surface area contributed by atoms with Crippen molar-refractivity contribution < 1.29 is 9.32 Å². The Hall–Kier alpha value is -1.52. The van der Waals surface area contributed by atoms with E-state index in [9.17, 15) is 4.79 Å². The topological polar surface area (TPSA) is 67.2 Å². The second kappa shape index (κ2) is 4.82. The minimum atomic E-state index is -0.270. The summed E-state index contributed by atoms with van der Waals surface area (Å²) in [6.07, 6.45) is 0. The molecule has 5 heteroatoms. The summed E-state index contributed by atoms with van der Waals surface area (Å²) in [6, 6.07) is 1.56. The maximum absolute atomic E-state index is 11.3. The minimum absolute atomic E-state index is 0.0986. The normalized spacial score (nSPS) is 10.8. The van der Waals surface area contributed by atoms with Crippen LogP contribution < -0.4 is 10.6 Å². The van der Waals surface area contributed by atoms with Crippen LogP contribution in [0.2, 0.25) is 0 Å². The van der Waals surface area contributed by atoms with Crippen LogP contribution in [0.15, 0.2) is 10.6 Å². The van der Waals surface area contributed by atoms with Gasteiger partial charge >= 0.3 is 6.03 Å². The van der Waals surface area contributed by atoms with Crippen LogP contribution in [0.3, 0.4) is 0 Å². The molecule has 0 aliphatic heterocycles. The van der Waals surface area contributed by atoms with Gasteiger partial charge in [0.2, 0.25) is 0 Å². The number of rotatable bonds is 3. The van der Waals surface area contributed by atoms with Crippen molar-refractivity contribution in [2.45, 2.75) is 39.7 Å². The van der Waals surface area contributed by atoms with Gasteiger partial charge in [-0.25, -0.2) is 4.79 Å². The van der Waals surface area contributed by atoms with Crippen molar-refractivity contribution in [2.24, 2.45) is 0 Å². The Morgan fingerprint density at radius 2 is 2.07 bits per heavy atom. The Kier molecular flexibility index (Phi) is 3.71. The number of aromatic nitrogens is 1. The second-order valence-electron chi connectivity index (χ2n) is 4.02. The van der Waals surface area contributed by atoms with E-state index >= 15 is 0 Å². The maximum atomic E-state index is 11.3. The zero-order valence-electron chi connectivity index (χ0n) is 9.50. The molecule has 1 heterocycles. The molecule has 0 aromatic carbocycles. The fourth-order valence-corrected chi connectivity index (χ4v) is 1.03. The van der Waals surface area contributed by atoms with Gasteiger partial charge in [0.25, 0.3) is 0 Å². The van der Waals surface area contributed by atoms with E-state index < -0.39 is 0 Å². The summed E-state index contributed by atoms with van der Waals surface area (Å²) < 4.78 is 5.04. The zero-order chi connectivity index (χ0) is 11.4. The van der Waals surface area contributed by atoms with E-state index in [-0.39, 0.29) is 18.0 Å². The van der Waals surface area contributed by atoms with Crippen LogP contribution in [0.4, 0.5) is 10.6 Å². The molecule has 0 aliphatic carbocycles. The summed E-state index contributed by atoms with van der Waals surface area (Å²) in [6.45, 7) is 7.78. The number of hydrogen-bond acceptors (Lipinski definition) is 3. The lowest BCUT2D eigenvalue weighted by Crippen LogP contribution is -2.34. The van der Waals surface area contributed by atoms with Gasteiger partial charge in [-0.05, 0) is 13.8 Å². The molecule has 0 aliphatic rings. The lowest BCUT2D eigenvalue weighted by molar-refractivity contribution is 0.249. The van der Waals surface area contributed by atoms with Gasteiger partial charge in [-0.3, -0.25) is 5.32 Å². The average Bonchev–Trinajstić information content (AvgIpc) is 2.50. The largest absolute Gasteiger partial charge is 0.359 e. The standard InChI is InChI=1S/C10H17N3O2/c1-6(2)8-5-9(13-15-8)12-10(14)11-7(3)4/h5-7H,1-4H3,(H2,11,12,13,14). The number of nitrogens with zero attached hydrogens (tertiary/aromatic N) is 1. The quantitative estimate of drug-likeness (QED) is 0.806. The van der Waals surface area contributed by atoms with Crippen LogP contribution in [0.1, 0.15) is 39.4 Å². The average molecular weight is 211 g/mol. The molecule has 0 bridgehead atoms. The Morgan fingerprint density at radius 1 is 1.40 bits per heavy atom. The van der Waals surface area contributed by atoms with Crippen LogP contribution in [0.5, 0.6) is 0 Å². The molecule has 0 spiro atoms.